The van der Waals surface area contributed by atoms with Crippen LogP contribution < -0.4 is 10.9 Å². The Kier molecular flexibility index (Phi) is 5.04. The van der Waals surface area contributed by atoms with E-state index < -0.39 is 0 Å². The number of aryl methyl sites for hydroxylation is 2. The molecular weight excluding hydrogens is 398 g/mol. The molecule has 0 atom stereocenters. The van der Waals surface area contributed by atoms with E-state index in [2.05, 4.69) is 74.5 Å². The van der Waals surface area contributed by atoms with E-state index in [1.807, 2.05) is 0 Å². The summed E-state index contributed by atoms with van der Waals surface area (Å²) < 4.78 is 23.5. The minimum atomic E-state index is -0.301. The summed E-state index contributed by atoms with van der Waals surface area (Å²) in [6.45, 7) is 6.91. The minimum absolute atomic E-state index is 0.301. The summed E-state index contributed by atoms with van der Waals surface area (Å²) in [5.74, 6) is 0. The number of rotatable bonds is 3. The molecular formula is C26H24B2O4. The molecule has 0 bridgehead atoms. The van der Waals surface area contributed by atoms with Crippen LogP contribution >= 0.6 is 0 Å². The first-order chi connectivity index (χ1) is 15.7. The predicted molar refractivity (Wildman–Crippen MR) is 131 cm³/mol. The van der Waals surface area contributed by atoms with Crippen molar-refractivity contribution in [2.24, 2.45) is 0 Å². The predicted octanol–water partition coefficient (Wildman–Crippen LogP) is 3.76. The quantitative estimate of drug-likeness (QED) is 0.472. The number of benzene rings is 4. The van der Waals surface area contributed by atoms with Crippen LogP contribution in [-0.4, -0.2) is 40.7 Å². The third-order valence-electron chi connectivity index (χ3n) is 6.55. The molecule has 2 saturated heterocycles. The van der Waals surface area contributed by atoms with Crippen molar-refractivity contribution in [2.45, 2.75) is 13.8 Å². The van der Waals surface area contributed by atoms with Gasteiger partial charge >= 0.3 is 14.2 Å². The summed E-state index contributed by atoms with van der Waals surface area (Å²) >= 11 is 0. The van der Waals surface area contributed by atoms with Crippen molar-refractivity contribution in [3.8, 4) is 11.1 Å². The molecule has 2 fully saturated rings. The fraction of sp³-hybridized carbons (Fsp3) is 0.231. The molecule has 2 aliphatic heterocycles. The van der Waals surface area contributed by atoms with E-state index in [1.165, 1.54) is 43.8 Å². The fourth-order valence-corrected chi connectivity index (χ4v) is 5.23. The van der Waals surface area contributed by atoms with Gasteiger partial charge in [0.1, 0.15) is 0 Å². The summed E-state index contributed by atoms with van der Waals surface area (Å²) in [6.07, 6.45) is 0. The summed E-state index contributed by atoms with van der Waals surface area (Å²) in [6, 6.07) is 21.6. The third kappa shape index (κ3) is 3.18. The molecule has 0 unspecified atom stereocenters. The number of hydrogen-bond acceptors (Lipinski definition) is 4. The van der Waals surface area contributed by atoms with Gasteiger partial charge in [0.2, 0.25) is 0 Å². The van der Waals surface area contributed by atoms with Crippen LogP contribution in [0.2, 0.25) is 0 Å². The molecule has 4 aromatic rings. The Labute approximate surface area is 188 Å². The van der Waals surface area contributed by atoms with Gasteiger partial charge in [-0.1, -0.05) is 60.7 Å². The van der Waals surface area contributed by atoms with E-state index in [4.69, 9.17) is 18.6 Å². The summed E-state index contributed by atoms with van der Waals surface area (Å²) in [5.41, 5.74) is 7.16. The van der Waals surface area contributed by atoms with Crippen molar-refractivity contribution in [3.05, 3.63) is 71.8 Å². The fourth-order valence-electron chi connectivity index (χ4n) is 5.23. The van der Waals surface area contributed by atoms with Crippen LogP contribution in [0.5, 0.6) is 0 Å². The molecule has 4 nitrogen and oxygen atoms in total. The zero-order valence-corrected chi connectivity index (χ0v) is 18.4. The lowest BCUT2D eigenvalue weighted by molar-refractivity contribution is 0.365. The van der Waals surface area contributed by atoms with Crippen molar-refractivity contribution >= 4 is 46.7 Å². The van der Waals surface area contributed by atoms with Crippen molar-refractivity contribution in [2.75, 3.05) is 26.4 Å². The van der Waals surface area contributed by atoms with Gasteiger partial charge in [-0.3, -0.25) is 0 Å². The van der Waals surface area contributed by atoms with E-state index >= 15 is 0 Å². The maximum atomic E-state index is 5.86. The highest BCUT2D eigenvalue weighted by Crippen LogP contribution is 2.38. The number of fused-ring (bicyclic) bond motifs is 2. The molecule has 0 aromatic heterocycles. The first-order valence-electron chi connectivity index (χ1n) is 11.2. The molecule has 0 radical (unpaired) electrons. The molecule has 0 amide bonds. The molecule has 2 heterocycles. The van der Waals surface area contributed by atoms with Gasteiger partial charge in [-0.15, -0.1) is 0 Å². The second kappa shape index (κ2) is 8.05. The van der Waals surface area contributed by atoms with Gasteiger partial charge in [0.25, 0.3) is 0 Å². The van der Waals surface area contributed by atoms with Gasteiger partial charge in [-0.2, -0.15) is 0 Å². The zero-order chi connectivity index (χ0) is 21.7. The van der Waals surface area contributed by atoms with Gasteiger partial charge in [-0.05, 0) is 68.6 Å². The van der Waals surface area contributed by atoms with Crippen LogP contribution in [-0.2, 0) is 18.6 Å². The van der Waals surface area contributed by atoms with Gasteiger partial charge in [0, 0.05) is 0 Å². The van der Waals surface area contributed by atoms with E-state index in [-0.39, 0.29) is 14.2 Å². The Morgan fingerprint density at radius 3 is 1.25 bits per heavy atom. The Morgan fingerprint density at radius 1 is 0.531 bits per heavy atom. The number of hydrogen-bond donors (Lipinski definition) is 0. The Balaban J connectivity index is 1.64. The van der Waals surface area contributed by atoms with Crippen molar-refractivity contribution in [1.29, 1.82) is 0 Å². The van der Waals surface area contributed by atoms with E-state index in [9.17, 15) is 0 Å². The molecule has 6 heteroatoms. The maximum Gasteiger partial charge on any atom is 0.494 e. The second-order valence-electron chi connectivity index (χ2n) is 8.55. The van der Waals surface area contributed by atoms with Crippen LogP contribution in [0.15, 0.2) is 60.7 Å². The molecule has 0 saturated carbocycles. The van der Waals surface area contributed by atoms with E-state index in [0.29, 0.717) is 26.4 Å². The molecule has 4 aromatic carbocycles. The Bertz CT molecular complexity index is 1220. The van der Waals surface area contributed by atoms with Crippen molar-refractivity contribution in [1.82, 2.24) is 0 Å². The Morgan fingerprint density at radius 2 is 0.875 bits per heavy atom. The molecule has 32 heavy (non-hydrogen) atoms. The van der Waals surface area contributed by atoms with Gasteiger partial charge < -0.3 is 18.6 Å². The minimum Gasteiger partial charge on any atom is -0.405 e. The smallest absolute Gasteiger partial charge is 0.405 e. The molecule has 0 N–H and O–H groups in total. The largest absolute Gasteiger partial charge is 0.494 e. The molecule has 2 aliphatic rings. The highest BCUT2D eigenvalue weighted by molar-refractivity contribution is 6.65. The first kappa shape index (κ1) is 20.0. The molecule has 158 valence electrons. The average molecular weight is 422 g/mol. The van der Waals surface area contributed by atoms with E-state index in [0.717, 1.165) is 10.9 Å². The lowest BCUT2D eigenvalue weighted by Gasteiger charge is -2.21. The van der Waals surface area contributed by atoms with Crippen LogP contribution in [0.1, 0.15) is 11.1 Å². The van der Waals surface area contributed by atoms with Crippen LogP contribution in [0.25, 0.3) is 32.7 Å². The lowest BCUT2D eigenvalue weighted by Crippen LogP contribution is -2.33. The highest BCUT2D eigenvalue weighted by Gasteiger charge is 2.31. The molecule has 6 rings (SSSR count). The van der Waals surface area contributed by atoms with Crippen LogP contribution in [0, 0.1) is 13.8 Å². The van der Waals surface area contributed by atoms with Gasteiger partial charge in [0.05, 0.1) is 26.4 Å². The van der Waals surface area contributed by atoms with Crippen LogP contribution in [0.3, 0.4) is 0 Å². The van der Waals surface area contributed by atoms with Crippen LogP contribution in [0.4, 0.5) is 0 Å². The van der Waals surface area contributed by atoms with Crippen molar-refractivity contribution < 1.29 is 18.6 Å². The monoisotopic (exact) mass is 422 g/mol. The highest BCUT2D eigenvalue weighted by atomic mass is 16.6. The maximum absolute atomic E-state index is 5.86. The molecule has 0 spiro atoms. The first-order valence-corrected chi connectivity index (χ1v) is 11.2. The van der Waals surface area contributed by atoms with E-state index in [1.54, 1.807) is 0 Å². The summed E-state index contributed by atoms with van der Waals surface area (Å²) in [4.78, 5) is 0. The van der Waals surface area contributed by atoms with Crippen molar-refractivity contribution in [3.63, 3.8) is 0 Å². The zero-order valence-electron chi connectivity index (χ0n) is 18.4. The summed E-state index contributed by atoms with van der Waals surface area (Å²) in [7, 11) is -0.603. The third-order valence-corrected chi connectivity index (χ3v) is 6.55. The standard InChI is InChI=1S/C26H24B2O4/c1-17-15-23(27-29-11-12-30-27)19-7-3-5-9-21(19)25(17)26-18(2)16-24(28-31-13-14-32-28)20-8-4-6-10-22(20)26/h3-10,15-16H,11-14H2,1-2H3. The van der Waals surface area contributed by atoms with Gasteiger partial charge in [0.15, 0.2) is 0 Å². The SMILES string of the molecule is Cc1cc(B2OCCO2)c2ccccc2c1-c1c(C)cc(B2OCCO2)c2ccccc12. The normalized spacial score (nSPS) is 16.6. The summed E-state index contributed by atoms with van der Waals surface area (Å²) in [5, 5.41) is 4.79. The topological polar surface area (TPSA) is 36.9 Å². The van der Waals surface area contributed by atoms with Gasteiger partial charge in [-0.25, -0.2) is 0 Å². The Hall–Kier alpha value is -2.63. The molecule has 0 aliphatic carbocycles. The second-order valence-corrected chi connectivity index (χ2v) is 8.55. The average Bonchev–Trinajstić information content (AvgIpc) is 3.54. The lowest BCUT2D eigenvalue weighted by atomic mass is 9.71.